The van der Waals surface area contributed by atoms with Gasteiger partial charge in [0.2, 0.25) is 0 Å². The van der Waals surface area contributed by atoms with Crippen molar-refractivity contribution in [1.82, 2.24) is 15.1 Å². The average molecular weight is 531 g/mol. The first-order valence-electron chi connectivity index (χ1n) is 10.8. The van der Waals surface area contributed by atoms with E-state index in [0.29, 0.717) is 18.1 Å². The highest BCUT2D eigenvalue weighted by molar-refractivity contribution is 14.0. The number of fused-ring (bicyclic) bond motifs is 2. The molecule has 7 heteroatoms. The fourth-order valence-corrected chi connectivity index (χ4v) is 6.40. The molecule has 1 heterocycles. The Morgan fingerprint density at radius 1 is 1.14 bits per heavy atom. The van der Waals surface area contributed by atoms with Crippen molar-refractivity contribution >= 4 is 40.7 Å². The second-order valence-electron chi connectivity index (χ2n) is 8.51. The Hall–Kier alpha value is -0.670. The molecule has 4 rings (SSSR count). The molecule has 162 valence electrons. The first-order valence-corrected chi connectivity index (χ1v) is 12.3. The van der Waals surface area contributed by atoms with Gasteiger partial charge in [0.05, 0.1) is 0 Å². The Balaban J connectivity index is 0.00000240. The van der Waals surface area contributed by atoms with Crippen LogP contribution >= 0.6 is 24.0 Å². The first kappa shape index (κ1) is 23.0. The molecule has 1 saturated heterocycles. The number of nitrogens with one attached hydrogen (secondary N) is 1. The molecule has 2 bridgehead atoms. The van der Waals surface area contributed by atoms with Crippen molar-refractivity contribution in [2.45, 2.75) is 37.5 Å². The van der Waals surface area contributed by atoms with Gasteiger partial charge in [-0.1, -0.05) is 36.8 Å². The summed E-state index contributed by atoms with van der Waals surface area (Å²) in [6.07, 6.45) is 5.85. The van der Waals surface area contributed by atoms with Gasteiger partial charge in [-0.2, -0.15) is 0 Å². The highest BCUT2D eigenvalue weighted by Gasteiger charge is 2.42. The lowest BCUT2D eigenvalue weighted by Gasteiger charge is -2.41. The molecule has 5 nitrogen and oxygen atoms in total. The molecule has 1 N–H and O–H groups in total. The van der Waals surface area contributed by atoms with Gasteiger partial charge in [-0.15, -0.1) is 24.0 Å². The Kier molecular flexibility index (Phi) is 8.80. The second-order valence-corrected chi connectivity index (χ2v) is 10.1. The van der Waals surface area contributed by atoms with Gasteiger partial charge < -0.3 is 10.2 Å². The van der Waals surface area contributed by atoms with Crippen molar-refractivity contribution in [1.29, 1.82) is 0 Å². The first-order chi connectivity index (χ1) is 13.7. The van der Waals surface area contributed by atoms with Crippen LogP contribution in [0.1, 0.15) is 31.2 Å². The van der Waals surface area contributed by atoms with Crippen LogP contribution in [0.2, 0.25) is 0 Å². The molecule has 3 aliphatic rings. The van der Waals surface area contributed by atoms with Gasteiger partial charge in [0.1, 0.15) is 0 Å². The van der Waals surface area contributed by atoms with Gasteiger partial charge >= 0.3 is 0 Å². The predicted octanol–water partition coefficient (Wildman–Crippen LogP) is 2.93. The van der Waals surface area contributed by atoms with Gasteiger partial charge in [0.15, 0.2) is 5.96 Å². The van der Waals surface area contributed by atoms with Crippen molar-refractivity contribution in [3.05, 3.63) is 35.9 Å². The third-order valence-corrected chi connectivity index (χ3v) is 8.09. The van der Waals surface area contributed by atoms with Crippen LogP contribution < -0.4 is 5.32 Å². The van der Waals surface area contributed by atoms with Gasteiger partial charge in [-0.3, -0.25) is 14.1 Å². The van der Waals surface area contributed by atoms with Gasteiger partial charge in [0, 0.05) is 68.1 Å². The molecule has 0 amide bonds. The maximum atomic E-state index is 12.3. The van der Waals surface area contributed by atoms with E-state index in [2.05, 4.69) is 20.1 Å². The van der Waals surface area contributed by atoms with Crippen LogP contribution in [0.15, 0.2) is 35.3 Å². The molecule has 4 unspecified atom stereocenters. The summed E-state index contributed by atoms with van der Waals surface area (Å²) in [6, 6.07) is 10.9. The molecule has 0 radical (unpaired) electrons. The Bertz CT molecular complexity index is 693. The molecule has 4 atom stereocenters. The van der Waals surface area contributed by atoms with E-state index in [1.807, 2.05) is 37.4 Å². The van der Waals surface area contributed by atoms with Gasteiger partial charge in [-0.25, -0.2) is 0 Å². The van der Waals surface area contributed by atoms with E-state index in [1.54, 1.807) is 0 Å². The highest BCUT2D eigenvalue weighted by atomic mass is 127. The molecule has 2 saturated carbocycles. The third-order valence-electron chi connectivity index (χ3n) is 6.78. The molecular weight excluding hydrogens is 495 g/mol. The summed E-state index contributed by atoms with van der Waals surface area (Å²) in [6.45, 7) is 5.09. The van der Waals surface area contributed by atoms with Crippen molar-refractivity contribution in [3.63, 3.8) is 0 Å². The third kappa shape index (κ3) is 5.94. The van der Waals surface area contributed by atoms with Crippen molar-refractivity contribution in [2.24, 2.45) is 16.8 Å². The molecule has 1 aromatic rings. The lowest BCUT2D eigenvalue weighted by molar-refractivity contribution is 0.0959. The minimum absolute atomic E-state index is 0. The number of nitrogens with zero attached hydrogens (tertiary/aromatic N) is 3. The summed E-state index contributed by atoms with van der Waals surface area (Å²) >= 11 is 0. The fourth-order valence-electron chi connectivity index (χ4n) is 5.36. The normalized spacial score (nSPS) is 28.2. The molecule has 3 fully saturated rings. The number of benzene rings is 1. The number of hydrogen-bond acceptors (Lipinski definition) is 3. The van der Waals surface area contributed by atoms with E-state index in [9.17, 15) is 4.21 Å². The summed E-state index contributed by atoms with van der Waals surface area (Å²) in [5.74, 6) is 4.22. The Morgan fingerprint density at radius 2 is 1.90 bits per heavy atom. The largest absolute Gasteiger partial charge is 0.355 e. The van der Waals surface area contributed by atoms with Crippen molar-refractivity contribution in [3.8, 4) is 0 Å². The quantitative estimate of drug-likeness (QED) is 0.349. The molecule has 1 aliphatic heterocycles. The number of piperazine rings is 1. The molecule has 29 heavy (non-hydrogen) atoms. The van der Waals surface area contributed by atoms with E-state index in [-0.39, 0.29) is 24.0 Å². The van der Waals surface area contributed by atoms with Crippen LogP contribution in [0.3, 0.4) is 0 Å². The fraction of sp³-hybridized carbons (Fsp3) is 0.682. The summed E-state index contributed by atoms with van der Waals surface area (Å²) in [4.78, 5) is 9.57. The predicted molar refractivity (Wildman–Crippen MR) is 132 cm³/mol. The van der Waals surface area contributed by atoms with Gasteiger partial charge in [0.25, 0.3) is 0 Å². The van der Waals surface area contributed by atoms with Crippen molar-refractivity contribution < 1.29 is 4.21 Å². The standard InChI is InChI=1S/C22H34N4OS.HI/c1-23-22(24-9-14-28(27)17-18-5-3-2-4-6-18)26-12-10-25(11-13-26)21-16-19-7-8-20(21)15-19;/h2-6,19-21H,7-17H2,1H3,(H,23,24);1H. The molecule has 2 aliphatic carbocycles. The van der Waals surface area contributed by atoms with Gasteiger partial charge in [-0.05, 0) is 36.7 Å². The zero-order chi connectivity index (χ0) is 19.3. The number of aliphatic imine (C=N–C) groups is 1. The summed E-state index contributed by atoms with van der Waals surface area (Å²) in [5.41, 5.74) is 1.14. The zero-order valence-electron chi connectivity index (χ0n) is 17.5. The van der Waals surface area contributed by atoms with E-state index in [0.717, 1.165) is 55.6 Å². The zero-order valence-corrected chi connectivity index (χ0v) is 20.6. The number of halogens is 1. The molecule has 1 aromatic carbocycles. The van der Waals surface area contributed by atoms with E-state index in [4.69, 9.17) is 0 Å². The molecule has 0 spiro atoms. The highest BCUT2D eigenvalue weighted by Crippen LogP contribution is 2.46. The summed E-state index contributed by atoms with van der Waals surface area (Å²) in [7, 11) is 1.01. The average Bonchev–Trinajstić information content (AvgIpc) is 3.36. The van der Waals surface area contributed by atoms with Crippen LogP contribution in [0.4, 0.5) is 0 Å². The molecule has 0 aromatic heterocycles. The van der Waals surface area contributed by atoms with Crippen LogP contribution in [0.5, 0.6) is 0 Å². The summed E-state index contributed by atoms with van der Waals surface area (Å²) in [5, 5.41) is 3.43. The van der Waals surface area contributed by atoms with E-state index in [1.165, 1.54) is 25.7 Å². The minimum atomic E-state index is -0.847. The smallest absolute Gasteiger partial charge is 0.193 e. The Morgan fingerprint density at radius 3 is 2.52 bits per heavy atom. The van der Waals surface area contributed by atoms with Crippen LogP contribution in [-0.2, 0) is 16.6 Å². The lowest BCUT2D eigenvalue weighted by atomic mass is 9.93. The van der Waals surface area contributed by atoms with Crippen LogP contribution in [-0.4, -0.2) is 71.5 Å². The monoisotopic (exact) mass is 530 g/mol. The van der Waals surface area contributed by atoms with E-state index < -0.39 is 10.8 Å². The Labute approximate surface area is 195 Å². The number of hydrogen-bond donors (Lipinski definition) is 1. The maximum absolute atomic E-state index is 12.3. The summed E-state index contributed by atoms with van der Waals surface area (Å²) < 4.78 is 12.3. The number of guanidine groups is 1. The van der Waals surface area contributed by atoms with E-state index >= 15 is 0 Å². The molecular formula is C22H35IN4OS. The SMILES string of the molecule is CN=C(NCCS(=O)Cc1ccccc1)N1CCN(C2CC3CCC2C3)CC1.I. The number of rotatable bonds is 6. The lowest BCUT2D eigenvalue weighted by Crippen LogP contribution is -2.55. The topological polar surface area (TPSA) is 47.9 Å². The van der Waals surface area contributed by atoms with Crippen molar-refractivity contribution in [2.75, 3.05) is 45.5 Å². The maximum Gasteiger partial charge on any atom is 0.193 e. The van der Waals surface area contributed by atoms with Crippen LogP contribution in [0, 0.1) is 11.8 Å². The second kappa shape index (κ2) is 11.1. The minimum Gasteiger partial charge on any atom is -0.355 e. The van der Waals surface area contributed by atoms with Crippen LogP contribution in [0.25, 0.3) is 0 Å².